The van der Waals surface area contributed by atoms with Gasteiger partial charge in [-0.25, -0.2) is 9.97 Å². The van der Waals surface area contributed by atoms with Crippen LogP contribution in [0.1, 0.15) is 23.2 Å². The third-order valence-corrected chi connectivity index (χ3v) is 6.12. The van der Waals surface area contributed by atoms with E-state index in [0.29, 0.717) is 0 Å². The lowest BCUT2D eigenvalue weighted by Crippen LogP contribution is -2.36. The summed E-state index contributed by atoms with van der Waals surface area (Å²) in [5.41, 5.74) is 3.45. The molecular weight excluding hydrogens is 358 g/mol. The molecule has 0 aliphatic carbocycles. The Morgan fingerprint density at radius 3 is 2.93 bits per heavy atom. The smallest absolute Gasteiger partial charge is 0.185 e. The van der Waals surface area contributed by atoms with Crippen LogP contribution in [0.2, 0.25) is 0 Å². The van der Waals surface area contributed by atoms with Crippen LogP contribution in [0.3, 0.4) is 0 Å². The van der Waals surface area contributed by atoms with Gasteiger partial charge in [-0.15, -0.1) is 11.3 Å². The predicted molar refractivity (Wildman–Crippen MR) is 111 cm³/mol. The van der Waals surface area contributed by atoms with E-state index in [1.54, 1.807) is 11.3 Å². The molecule has 1 saturated heterocycles. The summed E-state index contributed by atoms with van der Waals surface area (Å²) in [7, 11) is 0. The molecule has 3 aromatic rings. The summed E-state index contributed by atoms with van der Waals surface area (Å²) in [6, 6.07) is 6.29. The number of anilines is 1. The number of ether oxygens (including phenoxy) is 1. The van der Waals surface area contributed by atoms with E-state index in [0.717, 1.165) is 74.3 Å². The van der Waals surface area contributed by atoms with Crippen LogP contribution in [-0.2, 0) is 17.7 Å². The van der Waals surface area contributed by atoms with Gasteiger partial charge in [0, 0.05) is 43.7 Å². The van der Waals surface area contributed by atoms with Gasteiger partial charge in [0.25, 0.3) is 0 Å². The van der Waals surface area contributed by atoms with Gasteiger partial charge in [-0.3, -0.25) is 4.90 Å². The molecule has 4 rings (SSSR count). The number of nitrogens with one attached hydrogen (secondary N) is 1. The second-order valence-electron chi connectivity index (χ2n) is 6.98. The fourth-order valence-electron chi connectivity index (χ4n) is 3.45. The van der Waals surface area contributed by atoms with Crippen molar-refractivity contribution in [3.05, 3.63) is 40.7 Å². The van der Waals surface area contributed by atoms with Crippen molar-refractivity contribution in [3.8, 4) is 0 Å². The van der Waals surface area contributed by atoms with E-state index >= 15 is 0 Å². The number of H-pyrrole nitrogens is 1. The number of hydrogen-bond acceptors (Lipinski definition) is 6. The molecule has 1 aliphatic heterocycles. The number of likely N-dealkylation sites (N-methyl/N-ethyl adjacent to an activating group) is 1. The van der Waals surface area contributed by atoms with E-state index in [1.165, 1.54) is 10.4 Å². The number of aromatic amines is 1. The monoisotopic (exact) mass is 385 g/mol. The number of para-hydroxylation sites is 1. The van der Waals surface area contributed by atoms with Gasteiger partial charge in [-0.2, -0.15) is 0 Å². The molecule has 6 nitrogen and oxygen atoms in total. The first-order valence-electron chi connectivity index (χ1n) is 9.67. The second kappa shape index (κ2) is 8.37. The van der Waals surface area contributed by atoms with Gasteiger partial charge in [0.1, 0.15) is 5.82 Å². The van der Waals surface area contributed by atoms with Crippen LogP contribution >= 0.6 is 11.3 Å². The molecule has 0 spiro atoms. The lowest BCUT2D eigenvalue weighted by molar-refractivity contribution is 0.122. The first kappa shape index (κ1) is 18.4. The lowest BCUT2D eigenvalue weighted by Gasteiger charge is -2.26. The minimum Gasteiger partial charge on any atom is -0.378 e. The van der Waals surface area contributed by atoms with Crippen molar-refractivity contribution in [2.24, 2.45) is 0 Å². The minimum atomic E-state index is 0.799. The summed E-state index contributed by atoms with van der Waals surface area (Å²) >= 11 is 1.80. The molecule has 27 heavy (non-hydrogen) atoms. The van der Waals surface area contributed by atoms with E-state index in [-0.39, 0.29) is 0 Å². The first-order chi connectivity index (χ1) is 13.2. The van der Waals surface area contributed by atoms with Crippen molar-refractivity contribution in [2.45, 2.75) is 26.8 Å². The second-order valence-corrected chi connectivity index (χ2v) is 8.08. The average Bonchev–Trinajstić information content (AvgIpc) is 3.33. The van der Waals surface area contributed by atoms with Crippen LogP contribution in [0, 0.1) is 6.92 Å². The molecule has 0 amide bonds. The molecule has 1 fully saturated rings. The van der Waals surface area contributed by atoms with E-state index in [9.17, 15) is 0 Å². The van der Waals surface area contributed by atoms with Gasteiger partial charge in [-0.1, -0.05) is 19.1 Å². The van der Waals surface area contributed by atoms with Crippen LogP contribution in [0.15, 0.2) is 24.4 Å². The van der Waals surface area contributed by atoms with Gasteiger partial charge in [0.15, 0.2) is 5.13 Å². The van der Waals surface area contributed by atoms with Crippen molar-refractivity contribution in [1.29, 1.82) is 0 Å². The molecule has 1 aliphatic rings. The maximum Gasteiger partial charge on any atom is 0.185 e. The summed E-state index contributed by atoms with van der Waals surface area (Å²) in [6.07, 6.45) is 2.96. The molecule has 144 valence electrons. The van der Waals surface area contributed by atoms with Crippen molar-refractivity contribution in [1.82, 2.24) is 19.9 Å². The maximum absolute atomic E-state index is 5.43. The third-order valence-electron chi connectivity index (χ3n) is 5.08. The van der Waals surface area contributed by atoms with E-state index in [4.69, 9.17) is 9.72 Å². The zero-order chi connectivity index (χ0) is 18.6. The summed E-state index contributed by atoms with van der Waals surface area (Å²) in [4.78, 5) is 19.0. The fraction of sp³-hybridized carbons (Fsp3) is 0.500. The molecule has 1 aromatic carbocycles. The van der Waals surface area contributed by atoms with Gasteiger partial charge >= 0.3 is 0 Å². The topological polar surface area (TPSA) is 57.3 Å². The number of fused-ring (bicyclic) bond motifs is 1. The lowest BCUT2D eigenvalue weighted by atomic mass is 10.2. The number of nitrogens with zero attached hydrogens (tertiary/aromatic N) is 4. The Labute approximate surface area is 164 Å². The average molecular weight is 386 g/mol. The normalized spacial score (nSPS) is 15.1. The Kier molecular flexibility index (Phi) is 5.71. The predicted octanol–water partition coefficient (Wildman–Crippen LogP) is 3.23. The standard InChI is InChI=1S/C20H27N5OS/c1-3-24(8-7-18-22-17-6-4-5-15(2)19(17)23-18)14-16-13-21-20(27-16)25-9-11-26-12-10-25/h4-6,13H,3,7-12,14H2,1-2H3,(H,22,23). The molecule has 0 bridgehead atoms. The number of rotatable bonds is 7. The molecule has 0 atom stereocenters. The number of benzene rings is 1. The zero-order valence-corrected chi connectivity index (χ0v) is 16.9. The molecule has 0 saturated carbocycles. The Hall–Kier alpha value is -1.96. The molecule has 1 N–H and O–H groups in total. The Balaban J connectivity index is 1.36. The van der Waals surface area contributed by atoms with Crippen molar-refractivity contribution >= 4 is 27.5 Å². The Morgan fingerprint density at radius 2 is 2.15 bits per heavy atom. The van der Waals surface area contributed by atoms with Gasteiger partial charge in [0.05, 0.1) is 24.2 Å². The first-order valence-corrected chi connectivity index (χ1v) is 10.5. The van der Waals surface area contributed by atoms with Crippen molar-refractivity contribution < 1.29 is 4.74 Å². The number of hydrogen-bond donors (Lipinski definition) is 1. The van der Waals surface area contributed by atoms with Crippen molar-refractivity contribution in [3.63, 3.8) is 0 Å². The molecular formula is C20H27N5OS. The number of morpholine rings is 1. The third kappa shape index (κ3) is 4.31. The molecule has 3 heterocycles. The quantitative estimate of drug-likeness (QED) is 0.677. The highest BCUT2D eigenvalue weighted by molar-refractivity contribution is 7.15. The highest BCUT2D eigenvalue weighted by Gasteiger charge is 2.16. The van der Waals surface area contributed by atoms with Gasteiger partial charge < -0.3 is 14.6 Å². The Bertz CT molecular complexity index is 884. The van der Waals surface area contributed by atoms with E-state index in [2.05, 4.69) is 51.8 Å². The summed E-state index contributed by atoms with van der Waals surface area (Å²) in [6.45, 7) is 10.8. The van der Waals surface area contributed by atoms with Crippen LogP contribution in [0.25, 0.3) is 11.0 Å². The Morgan fingerprint density at radius 1 is 1.30 bits per heavy atom. The molecule has 7 heteroatoms. The van der Waals surface area contributed by atoms with E-state index < -0.39 is 0 Å². The number of aryl methyl sites for hydroxylation is 1. The minimum absolute atomic E-state index is 0.799. The van der Waals surface area contributed by atoms with Gasteiger partial charge in [0.2, 0.25) is 0 Å². The molecule has 0 unspecified atom stereocenters. The fourth-order valence-corrected chi connectivity index (χ4v) is 4.45. The van der Waals surface area contributed by atoms with Crippen LogP contribution < -0.4 is 4.90 Å². The van der Waals surface area contributed by atoms with Crippen LogP contribution in [0.4, 0.5) is 5.13 Å². The number of thiazole rings is 1. The number of imidazole rings is 1. The van der Waals surface area contributed by atoms with Crippen molar-refractivity contribution in [2.75, 3.05) is 44.3 Å². The zero-order valence-electron chi connectivity index (χ0n) is 16.1. The highest BCUT2D eigenvalue weighted by Crippen LogP contribution is 2.24. The van der Waals surface area contributed by atoms with E-state index in [1.807, 2.05) is 6.20 Å². The largest absolute Gasteiger partial charge is 0.378 e. The van der Waals surface area contributed by atoms with Gasteiger partial charge in [-0.05, 0) is 25.1 Å². The van der Waals surface area contributed by atoms with Crippen LogP contribution in [0.5, 0.6) is 0 Å². The molecule has 2 aromatic heterocycles. The summed E-state index contributed by atoms with van der Waals surface area (Å²) < 4.78 is 5.43. The molecule has 0 radical (unpaired) electrons. The SMILES string of the molecule is CCN(CCc1nc2c(C)cccc2[nH]1)Cc1cnc(N2CCOCC2)s1. The summed E-state index contributed by atoms with van der Waals surface area (Å²) in [5, 5.41) is 1.12. The maximum atomic E-state index is 5.43. The van der Waals surface area contributed by atoms with Crippen LogP contribution in [-0.4, -0.2) is 59.2 Å². The number of aromatic nitrogens is 3. The highest BCUT2D eigenvalue weighted by atomic mass is 32.1. The summed E-state index contributed by atoms with van der Waals surface area (Å²) in [5.74, 6) is 1.07.